The zero-order valence-corrected chi connectivity index (χ0v) is 11.1. The fraction of sp³-hybridized carbons (Fsp3) is 1.00. The molecule has 0 saturated heterocycles. The Labute approximate surface area is 101 Å². The lowest BCUT2D eigenvalue weighted by atomic mass is 9.84. The highest BCUT2D eigenvalue weighted by Gasteiger charge is 2.19. The van der Waals surface area contributed by atoms with Gasteiger partial charge in [-0.15, -0.1) is 0 Å². The van der Waals surface area contributed by atoms with E-state index in [4.69, 9.17) is 4.74 Å². The summed E-state index contributed by atoms with van der Waals surface area (Å²) in [4.78, 5) is 0. The molecule has 1 fully saturated rings. The lowest BCUT2D eigenvalue weighted by Crippen LogP contribution is -2.36. The summed E-state index contributed by atoms with van der Waals surface area (Å²) in [6, 6.07) is 0.758. The van der Waals surface area contributed by atoms with Gasteiger partial charge in [0.2, 0.25) is 0 Å². The highest BCUT2D eigenvalue weighted by atomic mass is 16.5. The molecule has 1 aliphatic carbocycles. The Morgan fingerprint density at radius 3 is 2.81 bits per heavy atom. The molecule has 0 heterocycles. The van der Waals surface area contributed by atoms with Gasteiger partial charge in [-0.05, 0) is 25.2 Å². The van der Waals surface area contributed by atoms with E-state index in [2.05, 4.69) is 19.2 Å². The van der Waals surface area contributed by atoms with Crippen molar-refractivity contribution < 1.29 is 4.74 Å². The molecule has 0 aliphatic heterocycles. The topological polar surface area (TPSA) is 21.3 Å². The summed E-state index contributed by atoms with van der Waals surface area (Å²) in [5, 5.41) is 3.64. The average molecular weight is 227 g/mol. The molecule has 2 unspecified atom stereocenters. The second kappa shape index (κ2) is 9.00. The first-order valence-corrected chi connectivity index (χ1v) is 7.18. The first-order valence-electron chi connectivity index (χ1n) is 7.18. The molecule has 2 nitrogen and oxygen atoms in total. The second-order valence-corrected chi connectivity index (χ2v) is 5.06. The summed E-state index contributed by atoms with van der Waals surface area (Å²) >= 11 is 0. The average Bonchev–Trinajstić information content (AvgIpc) is 2.34. The summed E-state index contributed by atoms with van der Waals surface area (Å²) < 4.78 is 5.56. The van der Waals surface area contributed by atoms with Crippen molar-refractivity contribution in [2.24, 2.45) is 5.92 Å². The molecule has 0 radical (unpaired) electrons. The maximum absolute atomic E-state index is 5.56. The molecular formula is C14H29NO. The van der Waals surface area contributed by atoms with E-state index < -0.39 is 0 Å². The fourth-order valence-electron chi connectivity index (χ4n) is 2.53. The van der Waals surface area contributed by atoms with Gasteiger partial charge in [-0.25, -0.2) is 0 Å². The van der Waals surface area contributed by atoms with Crippen molar-refractivity contribution in [1.29, 1.82) is 0 Å². The first kappa shape index (κ1) is 14.0. The molecule has 1 aliphatic rings. The van der Waals surface area contributed by atoms with Gasteiger partial charge in [-0.2, -0.15) is 0 Å². The minimum Gasteiger partial charge on any atom is -0.380 e. The summed E-state index contributed by atoms with van der Waals surface area (Å²) in [7, 11) is 0. The quantitative estimate of drug-likeness (QED) is 0.642. The van der Waals surface area contributed by atoms with Crippen LogP contribution < -0.4 is 5.32 Å². The van der Waals surface area contributed by atoms with E-state index in [1.807, 2.05) is 0 Å². The van der Waals surface area contributed by atoms with Gasteiger partial charge in [0.15, 0.2) is 0 Å². The Balaban J connectivity index is 1.95. The number of unbranched alkanes of at least 4 members (excludes halogenated alkanes) is 1. The molecule has 2 atom stereocenters. The highest BCUT2D eigenvalue weighted by molar-refractivity contribution is 4.77. The molecular weight excluding hydrogens is 198 g/mol. The molecule has 16 heavy (non-hydrogen) atoms. The minimum absolute atomic E-state index is 0.758. The largest absolute Gasteiger partial charge is 0.380 e. The van der Waals surface area contributed by atoms with Crippen LogP contribution in [0.4, 0.5) is 0 Å². The third-order valence-corrected chi connectivity index (χ3v) is 3.68. The lowest BCUT2D eigenvalue weighted by Gasteiger charge is -2.29. The third-order valence-electron chi connectivity index (χ3n) is 3.68. The van der Waals surface area contributed by atoms with E-state index in [0.29, 0.717) is 0 Å². The van der Waals surface area contributed by atoms with Crippen molar-refractivity contribution in [1.82, 2.24) is 5.32 Å². The van der Waals surface area contributed by atoms with Crippen molar-refractivity contribution in [2.75, 3.05) is 19.8 Å². The predicted molar refractivity (Wildman–Crippen MR) is 69.8 cm³/mol. The molecule has 1 rings (SSSR count). The molecule has 1 saturated carbocycles. The van der Waals surface area contributed by atoms with Crippen LogP contribution in [0.3, 0.4) is 0 Å². The highest BCUT2D eigenvalue weighted by Crippen LogP contribution is 2.26. The fourth-order valence-corrected chi connectivity index (χ4v) is 2.53. The molecule has 96 valence electrons. The summed E-state index contributed by atoms with van der Waals surface area (Å²) in [6.45, 7) is 7.37. The van der Waals surface area contributed by atoms with E-state index in [1.165, 1.54) is 44.9 Å². The van der Waals surface area contributed by atoms with Gasteiger partial charge in [0.1, 0.15) is 0 Å². The van der Waals surface area contributed by atoms with Crippen molar-refractivity contribution in [2.45, 2.75) is 64.8 Å². The normalized spacial score (nSPS) is 25.9. The lowest BCUT2D eigenvalue weighted by molar-refractivity contribution is 0.127. The van der Waals surface area contributed by atoms with E-state index in [9.17, 15) is 0 Å². The van der Waals surface area contributed by atoms with Crippen LogP contribution in [0.1, 0.15) is 58.8 Å². The number of rotatable bonds is 8. The number of hydrogen-bond acceptors (Lipinski definition) is 2. The molecule has 0 bridgehead atoms. The molecule has 0 spiro atoms. The first-order chi connectivity index (χ1) is 7.86. The van der Waals surface area contributed by atoms with E-state index >= 15 is 0 Å². The Hall–Kier alpha value is -0.0800. The Kier molecular flexibility index (Phi) is 7.87. The minimum atomic E-state index is 0.758. The van der Waals surface area contributed by atoms with Gasteiger partial charge in [-0.1, -0.05) is 39.5 Å². The Morgan fingerprint density at radius 2 is 2.06 bits per heavy atom. The number of ether oxygens (including phenoxy) is 1. The zero-order valence-electron chi connectivity index (χ0n) is 11.1. The maximum Gasteiger partial charge on any atom is 0.0590 e. The van der Waals surface area contributed by atoms with Gasteiger partial charge in [0.25, 0.3) is 0 Å². The van der Waals surface area contributed by atoms with Crippen LogP contribution in [0.5, 0.6) is 0 Å². The van der Waals surface area contributed by atoms with Crippen LogP contribution in [0.25, 0.3) is 0 Å². The molecule has 0 amide bonds. The SMILES string of the molecule is CCCCOCCNC1CCCC(CC)C1. The standard InChI is InChI=1S/C14H29NO/c1-3-5-10-16-11-9-15-14-8-6-7-13(4-2)12-14/h13-15H,3-12H2,1-2H3. The Morgan fingerprint density at radius 1 is 1.19 bits per heavy atom. The van der Waals surface area contributed by atoms with Crippen LogP contribution in [-0.2, 0) is 4.74 Å². The third kappa shape index (κ3) is 5.86. The molecule has 0 aromatic heterocycles. The van der Waals surface area contributed by atoms with Gasteiger partial charge in [0.05, 0.1) is 6.61 Å². The second-order valence-electron chi connectivity index (χ2n) is 5.06. The summed E-state index contributed by atoms with van der Waals surface area (Å²) in [5.74, 6) is 0.965. The van der Waals surface area contributed by atoms with Crippen LogP contribution in [0.2, 0.25) is 0 Å². The maximum atomic E-state index is 5.56. The summed E-state index contributed by atoms with van der Waals surface area (Å²) in [6.07, 6.45) is 9.38. The van der Waals surface area contributed by atoms with Crippen LogP contribution >= 0.6 is 0 Å². The molecule has 2 heteroatoms. The smallest absolute Gasteiger partial charge is 0.0590 e. The van der Waals surface area contributed by atoms with Crippen molar-refractivity contribution >= 4 is 0 Å². The van der Waals surface area contributed by atoms with Crippen LogP contribution in [0, 0.1) is 5.92 Å². The van der Waals surface area contributed by atoms with Crippen molar-refractivity contribution in [3.8, 4) is 0 Å². The van der Waals surface area contributed by atoms with Gasteiger partial charge >= 0.3 is 0 Å². The van der Waals surface area contributed by atoms with Gasteiger partial charge in [-0.3, -0.25) is 0 Å². The molecule has 1 N–H and O–H groups in total. The summed E-state index contributed by atoms with van der Waals surface area (Å²) in [5.41, 5.74) is 0. The predicted octanol–water partition coefficient (Wildman–Crippen LogP) is 3.36. The monoisotopic (exact) mass is 227 g/mol. The zero-order chi connectivity index (χ0) is 11.6. The number of nitrogens with one attached hydrogen (secondary N) is 1. The van der Waals surface area contributed by atoms with Crippen LogP contribution in [-0.4, -0.2) is 25.8 Å². The van der Waals surface area contributed by atoms with E-state index in [-0.39, 0.29) is 0 Å². The van der Waals surface area contributed by atoms with E-state index in [0.717, 1.165) is 31.7 Å². The van der Waals surface area contributed by atoms with Gasteiger partial charge < -0.3 is 10.1 Å². The van der Waals surface area contributed by atoms with Gasteiger partial charge in [0, 0.05) is 19.2 Å². The Bertz CT molecular complexity index is 161. The van der Waals surface area contributed by atoms with Crippen LogP contribution in [0.15, 0.2) is 0 Å². The van der Waals surface area contributed by atoms with E-state index in [1.54, 1.807) is 0 Å². The molecule has 0 aromatic rings. The molecule has 0 aromatic carbocycles. The van der Waals surface area contributed by atoms with Crippen molar-refractivity contribution in [3.63, 3.8) is 0 Å². The van der Waals surface area contributed by atoms with Crippen molar-refractivity contribution in [3.05, 3.63) is 0 Å². The number of hydrogen-bond donors (Lipinski definition) is 1.